The summed E-state index contributed by atoms with van der Waals surface area (Å²) in [5, 5.41) is 3.03. The first-order valence-electron chi connectivity index (χ1n) is 10.4. The van der Waals surface area contributed by atoms with Crippen molar-refractivity contribution in [2.75, 3.05) is 32.6 Å². The Labute approximate surface area is 212 Å². The van der Waals surface area contributed by atoms with Crippen LogP contribution in [0.1, 0.15) is 32.8 Å². The van der Waals surface area contributed by atoms with Gasteiger partial charge in [-0.2, -0.15) is 0 Å². The van der Waals surface area contributed by atoms with E-state index in [1.54, 1.807) is 43.6 Å². The fraction of sp³-hybridized carbons (Fsp3) is 0.435. The molecule has 0 aliphatic rings. The van der Waals surface area contributed by atoms with E-state index in [4.69, 9.17) is 19.9 Å². The molecule has 2 rings (SSSR count). The number of nitrogens with one attached hydrogen (secondary N) is 1. The molecule has 0 spiro atoms. The number of aromatic nitrogens is 1. The number of anilines is 1. The summed E-state index contributed by atoms with van der Waals surface area (Å²) < 4.78 is 16.1. The molecule has 33 heavy (non-hydrogen) atoms. The molecule has 1 heterocycles. The van der Waals surface area contributed by atoms with Crippen LogP contribution in [-0.4, -0.2) is 54.8 Å². The minimum absolute atomic E-state index is 0. The Morgan fingerprint density at radius 2 is 1.91 bits per heavy atom. The summed E-state index contributed by atoms with van der Waals surface area (Å²) >= 11 is 0. The predicted molar refractivity (Wildman–Crippen MR) is 141 cm³/mol. The Morgan fingerprint density at radius 3 is 2.52 bits per heavy atom. The highest BCUT2D eigenvalue weighted by atomic mass is 127. The van der Waals surface area contributed by atoms with Crippen molar-refractivity contribution < 1.29 is 19.0 Å². The molecule has 0 radical (unpaired) electrons. The molecule has 10 heteroatoms. The summed E-state index contributed by atoms with van der Waals surface area (Å²) in [5.41, 5.74) is 7.09. The number of amides is 1. The van der Waals surface area contributed by atoms with Crippen LogP contribution in [-0.2, 0) is 11.3 Å². The standard InChI is InChI=1S/C23H33N5O4.HI/c1-23(2,3)32-22(29)28(16-17-8-6-11-25-15-17)13-7-12-26-21(24)27-18-9-10-19(30-4)20(14-18)31-5;/h6,8-11,14-15H,7,12-13,16H2,1-5H3,(H3,24,26,27);1H. The Hall–Kier alpha value is -2.76. The van der Waals surface area contributed by atoms with E-state index in [0.29, 0.717) is 37.6 Å². The van der Waals surface area contributed by atoms with Crippen LogP contribution in [0.15, 0.2) is 47.7 Å². The van der Waals surface area contributed by atoms with Gasteiger partial charge in [-0.15, -0.1) is 24.0 Å². The molecule has 1 amide bonds. The van der Waals surface area contributed by atoms with Gasteiger partial charge in [-0.3, -0.25) is 9.98 Å². The van der Waals surface area contributed by atoms with Crippen LogP contribution < -0.4 is 20.5 Å². The molecule has 0 atom stereocenters. The highest BCUT2D eigenvalue weighted by Gasteiger charge is 2.22. The van der Waals surface area contributed by atoms with E-state index in [-0.39, 0.29) is 36.0 Å². The van der Waals surface area contributed by atoms with E-state index < -0.39 is 5.60 Å². The first-order valence-corrected chi connectivity index (χ1v) is 10.4. The van der Waals surface area contributed by atoms with Crippen molar-refractivity contribution in [2.24, 2.45) is 10.7 Å². The molecule has 0 unspecified atom stereocenters. The lowest BCUT2D eigenvalue weighted by Gasteiger charge is -2.27. The van der Waals surface area contributed by atoms with Crippen LogP contribution >= 0.6 is 24.0 Å². The summed E-state index contributed by atoms with van der Waals surface area (Å²) in [6, 6.07) is 9.15. The minimum atomic E-state index is -0.573. The van der Waals surface area contributed by atoms with Crippen LogP contribution in [0, 0.1) is 0 Å². The van der Waals surface area contributed by atoms with Crippen molar-refractivity contribution in [3.8, 4) is 11.5 Å². The number of aliphatic imine (C=N–C) groups is 1. The Balaban J connectivity index is 0.00000544. The lowest BCUT2D eigenvalue weighted by Crippen LogP contribution is -2.37. The Morgan fingerprint density at radius 1 is 1.18 bits per heavy atom. The Kier molecular flexibility index (Phi) is 11.7. The van der Waals surface area contributed by atoms with Gasteiger partial charge in [-0.05, 0) is 51.0 Å². The number of nitrogens with zero attached hydrogens (tertiary/aromatic N) is 3. The van der Waals surface area contributed by atoms with Crippen LogP contribution in [0.5, 0.6) is 11.5 Å². The van der Waals surface area contributed by atoms with Crippen molar-refractivity contribution in [3.05, 3.63) is 48.3 Å². The fourth-order valence-corrected chi connectivity index (χ4v) is 2.84. The summed E-state index contributed by atoms with van der Waals surface area (Å²) in [5.74, 6) is 1.49. The van der Waals surface area contributed by atoms with Gasteiger partial charge in [0, 0.05) is 37.2 Å². The average molecular weight is 571 g/mol. The first kappa shape index (κ1) is 28.3. The second kappa shape index (κ2) is 13.7. The molecule has 0 saturated heterocycles. The van der Waals surface area contributed by atoms with Crippen molar-refractivity contribution in [1.82, 2.24) is 9.88 Å². The molecule has 0 saturated carbocycles. The highest BCUT2D eigenvalue weighted by molar-refractivity contribution is 14.0. The van der Waals surface area contributed by atoms with Gasteiger partial charge in [0.05, 0.1) is 20.8 Å². The third-order valence-electron chi connectivity index (χ3n) is 4.27. The van der Waals surface area contributed by atoms with Crippen molar-refractivity contribution >= 4 is 41.7 Å². The number of benzene rings is 1. The van der Waals surface area contributed by atoms with Crippen molar-refractivity contribution in [1.29, 1.82) is 0 Å². The molecular weight excluding hydrogens is 537 g/mol. The molecule has 1 aromatic heterocycles. The molecular formula is C23H34IN5O4. The highest BCUT2D eigenvalue weighted by Crippen LogP contribution is 2.29. The normalized spacial score (nSPS) is 11.2. The predicted octanol–water partition coefficient (Wildman–Crippen LogP) is 4.27. The van der Waals surface area contributed by atoms with Crippen molar-refractivity contribution in [2.45, 2.75) is 39.3 Å². The fourth-order valence-electron chi connectivity index (χ4n) is 2.84. The number of ether oxygens (including phenoxy) is 3. The maximum atomic E-state index is 12.6. The number of nitrogens with two attached hydrogens (primary N) is 1. The third kappa shape index (κ3) is 10.1. The number of methoxy groups -OCH3 is 2. The smallest absolute Gasteiger partial charge is 0.410 e. The molecule has 0 aliphatic heterocycles. The zero-order chi connectivity index (χ0) is 23.6. The number of pyridine rings is 1. The van der Waals surface area contributed by atoms with Gasteiger partial charge in [-0.1, -0.05) is 6.07 Å². The molecule has 3 N–H and O–H groups in total. The zero-order valence-corrected chi connectivity index (χ0v) is 22.2. The van der Waals surface area contributed by atoms with Crippen LogP contribution in [0.2, 0.25) is 0 Å². The second-order valence-electron chi connectivity index (χ2n) is 8.08. The number of guanidine groups is 1. The molecule has 0 aliphatic carbocycles. The molecule has 1 aromatic carbocycles. The topological polar surface area (TPSA) is 111 Å². The monoisotopic (exact) mass is 571 g/mol. The number of carbonyl (C=O) groups is 1. The van der Waals surface area contributed by atoms with Gasteiger partial charge in [0.25, 0.3) is 0 Å². The maximum absolute atomic E-state index is 12.6. The molecule has 0 bridgehead atoms. The van der Waals surface area contributed by atoms with E-state index >= 15 is 0 Å². The maximum Gasteiger partial charge on any atom is 0.410 e. The number of carbonyl (C=O) groups excluding carboxylic acids is 1. The van der Waals surface area contributed by atoms with E-state index in [1.807, 2.05) is 39.0 Å². The van der Waals surface area contributed by atoms with Crippen LogP contribution in [0.4, 0.5) is 10.5 Å². The number of rotatable bonds is 9. The van der Waals surface area contributed by atoms with E-state index in [1.165, 1.54) is 0 Å². The van der Waals surface area contributed by atoms with E-state index in [2.05, 4.69) is 15.3 Å². The van der Waals surface area contributed by atoms with Gasteiger partial charge in [0.1, 0.15) is 5.60 Å². The van der Waals surface area contributed by atoms with Gasteiger partial charge < -0.3 is 30.2 Å². The lowest BCUT2D eigenvalue weighted by molar-refractivity contribution is 0.0232. The minimum Gasteiger partial charge on any atom is -0.493 e. The Bertz CT molecular complexity index is 903. The summed E-state index contributed by atoms with van der Waals surface area (Å²) in [6.07, 6.45) is 3.68. The zero-order valence-electron chi connectivity index (χ0n) is 19.8. The SMILES string of the molecule is COc1ccc(NC(N)=NCCCN(Cc2cccnc2)C(=O)OC(C)(C)C)cc1OC.I. The third-order valence-corrected chi connectivity index (χ3v) is 4.27. The average Bonchev–Trinajstić information content (AvgIpc) is 2.75. The summed E-state index contributed by atoms with van der Waals surface area (Å²) in [6.45, 7) is 6.86. The van der Waals surface area contributed by atoms with E-state index in [9.17, 15) is 4.79 Å². The number of hydrogen-bond donors (Lipinski definition) is 2. The van der Waals surface area contributed by atoms with Gasteiger partial charge >= 0.3 is 6.09 Å². The van der Waals surface area contributed by atoms with Crippen molar-refractivity contribution in [3.63, 3.8) is 0 Å². The molecule has 182 valence electrons. The van der Waals surface area contributed by atoms with Gasteiger partial charge in [0.2, 0.25) is 0 Å². The first-order chi connectivity index (χ1) is 15.2. The summed E-state index contributed by atoms with van der Waals surface area (Å²) in [4.78, 5) is 22.7. The van der Waals surface area contributed by atoms with Gasteiger partial charge in [-0.25, -0.2) is 4.79 Å². The lowest BCUT2D eigenvalue weighted by atomic mass is 10.2. The van der Waals surface area contributed by atoms with Gasteiger partial charge in [0.15, 0.2) is 17.5 Å². The largest absolute Gasteiger partial charge is 0.493 e. The molecule has 2 aromatic rings. The summed E-state index contributed by atoms with van der Waals surface area (Å²) in [7, 11) is 3.15. The number of hydrogen-bond acceptors (Lipinski definition) is 6. The quantitative estimate of drug-likeness (QED) is 0.200. The van der Waals surface area contributed by atoms with Crippen LogP contribution in [0.3, 0.4) is 0 Å². The van der Waals surface area contributed by atoms with E-state index in [0.717, 1.165) is 11.3 Å². The number of halogens is 1. The second-order valence-corrected chi connectivity index (χ2v) is 8.08. The van der Waals surface area contributed by atoms with Crippen LogP contribution in [0.25, 0.3) is 0 Å². The molecule has 9 nitrogen and oxygen atoms in total. The molecule has 0 fully saturated rings.